The third-order valence-corrected chi connectivity index (χ3v) is 7.44. The quantitative estimate of drug-likeness (QED) is 0.0789. The number of nitrogen functional groups attached to an aromatic ring is 1. The van der Waals surface area contributed by atoms with Gasteiger partial charge >= 0.3 is 16.3 Å². The number of oxime groups is 1. The molecular weight excluding hydrogens is 546 g/mol. The second-order valence-corrected chi connectivity index (χ2v) is 10.7. The average molecular weight is 571 g/mol. The van der Waals surface area contributed by atoms with Crippen molar-refractivity contribution in [2.45, 2.75) is 31.7 Å². The van der Waals surface area contributed by atoms with Gasteiger partial charge in [0.2, 0.25) is 0 Å². The number of benzene rings is 1. The molecule has 16 nitrogen and oxygen atoms in total. The maximum atomic E-state index is 13.0. The molecule has 6 N–H and O–H groups in total. The maximum absolute atomic E-state index is 13.0. The van der Waals surface area contributed by atoms with Crippen LogP contribution in [0.2, 0.25) is 0 Å². The second-order valence-electron chi connectivity index (χ2n) is 8.57. The lowest BCUT2D eigenvalue weighted by Crippen LogP contribution is -2.71. The van der Waals surface area contributed by atoms with Crippen molar-refractivity contribution in [1.82, 2.24) is 14.6 Å². The fraction of sp³-hybridized carbons (Fsp3) is 0.350. The second kappa shape index (κ2) is 10.1. The van der Waals surface area contributed by atoms with Crippen LogP contribution in [0, 0.1) is 0 Å². The van der Waals surface area contributed by atoms with Crippen molar-refractivity contribution in [2.24, 2.45) is 5.16 Å². The van der Waals surface area contributed by atoms with Gasteiger partial charge in [0.25, 0.3) is 17.9 Å². The minimum Gasteiger partial charge on any atom is -0.478 e. The SMILES string of the molecule is C[C@H]1[C@H](NC(=O)/C(=N\OC(CO[N@@+]2(C)Cc3ccccc3N2)C(=O)O)c2csc(N)n2)C(=O)N1S(=O)(=O)O. The Kier molecular flexibility index (Phi) is 7.26. The van der Waals surface area contributed by atoms with Crippen molar-refractivity contribution < 1.29 is 46.9 Å². The molecule has 1 aromatic heterocycles. The van der Waals surface area contributed by atoms with E-state index in [9.17, 15) is 27.9 Å². The Morgan fingerprint density at radius 3 is 2.71 bits per heavy atom. The molecule has 204 valence electrons. The number of rotatable bonds is 10. The average Bonchev–Trinajstić information content (AvgIpc) is 3.40. The van der Waals surface area contributed by atoms with Gasteiger partial charge < -0.3 is 21.0 Å². The van der Waals surface area contributed by atoms with E-state index in [2.05, 4.69) is 20.9 Å². The standard InChI is InChI=1S/C20H23N7O9S2/c1-10-15(18(29)26(10)38(32,33)34)23-17(28)16(13-9-37-20(21)22-13)25-36-14(19(30)31)8-35-27(2)7-11-5-3-4-6-12(11)24-27/h3-6,9-10,14-15,24H,7-8H2,1-2H3,(H4-,21,22,23,28,30,31,32,33,34)/p+1/b25-16-/t10-,14?,15-,27-/m0/s1. The molecular formula is C20H24N7O9S2+. The number of aliphatic carboxylic acids is 1. The number of carboxylic acids is 1. The third kappa shape index (κ3) is 5.53. The Bertz CT molecular complexity index is 1390. The van der Waals surface area contributed by atoms with E-state index in [1.807, 2.05) is 24.3 Å². The number of β-lactam (4-membered cyclic amide) rings is 1. The number of anilines is 2. The van der Waals surface area contributed by atoms with Crippen molar-refractivity contribution in [3.63, 3.8) is 0 Å². The van der Waals surface area contributed by atoms with Gasteiger partial charge in [-0.3, -0.25) is 14.1 Å². The molecule has 0 saturated carbocycles. The van der Waals surface area contributed by atoms with Crippen LogP contribution in [0.25, 0.3) is 0 Å². The van der Waals surface area contributed by atoms with E-state index in [0.717, 1.165) is 22.6 Å². The lowest BCUT2D eigenvalue weighted by molar-refractivity contribution is -1.08. The number of hydrogen-bond acceptors (Lipinski definition) is 12. The zero-order valence-corrected chi connectivity index (χ0v) is 21.6. The number of thiazole rings is 1. The Morgan fingerprint density at radius 1 is 1.42 bits per heavy atom. The summed E-state index contributed by atoms with van der Waals surface area (Å²) in [7, 11) is -3.12. The number of carboxylic acid groups (broad SMARTS) is 1. The molecule has 1 aromatic carbocycles. The molecule has 1 fully saturated rings. The normalized spacial score (nSPS) is 23.7. The van der Waals surface area contributed by atoms with Crippen LogP contribution in [0.3, 0.4) is 0 Å². The molecule has 2 aliphatic rings. The number of carbonyl (C=O) groups is 3. The molecule has 4 rings (SSSR count). The third-order valence-electron chi connectivity index (χ3n) is 5.75. The van der Waals surface area contributed by atoms with Crippen LogP contribution < -0.4 is 16.5 Å². The molecule has 18 heteroatoms. The number of fused-ring (bicyclic) bond motifs is 1. The number of quaternary nitrogens is 1. The van der Waals surface area contributed by atoms with Crippen molar-refractivity contribution in [1.29, 1.82) is 0 Å². The number of hydrogen-bond donors (Lipinski definition) is 5. The van der Waals surface area contributed by atoms with Crippen LogP contribution >= 0.6 is 11.3 Å². The Morgan fingerprint density at radius 2 is 2.13 bits per heavy atom. The fourth-order valence-corrected chi connectivity index (χ4v) is 5.30. The number of amides is 2. The van der Waals surface area contributed by atoms with Gasteiger partial charge in [-0.15, -0.1) is 11.3 Å². The monoisotopic (exact) mass is 570 g/mol. The fourth-order valence-electron chi connectivity index (χ4n) is 3.87. The molecule has 2 amide bonds. The van der Waals surface area contributed by atoms with Gasteiger partial charge in [0.05, 0.1) is 11.7 Å². The summed E-state index contributed by atoms with van der Waals surface area (Å²) in [6, 6.07) is 5.06. The minimum atomic E-state index is -4.80. The lowest BCUT2D eigenvalue weighted by atomic mass is 10.0. The van der Waals surface area contributed by atoms with Gasteiger partial charge in [0, 0.05) is 10.9 Å². The molecule has 0 bridgehead atoms. The van der Waals surface area contributed by atoms with E-state index in [1.54, 1.807) is 7.05 Å². The predicted octanol–water partition coefficient (Wildman–Crippen LogP) is -0.664. The van der Waals surface area contributed by atoms with E-state index in [0.29, 0.717) is 6.54 Å². The molecule has 2 aliphatic heterocycles. The van der Waals surface area contributed by atoms with Gasteiger partial charge in [-0.2, -0.15) is 13.3 Å². The Balaban J connectivity index is 1.47. The molecule has 38 heavy (non-hydrogen) atoms. The molecule has 0 aliphatic carbocycles. The van der Waals surface area contributed by atoms with Crippen molar-refractivity contribution in [3.05, 3.63) is 40.9 Å². The predicted molar refractivity (Wildman–Crippen MR) is 131 cm³/mol. The van der Waals surface area contributed by atoms with Gasteiger partial charge in [0.15, 0.2) is 24.0 Å². The first-order valence-electron chi connectivity index (χ1n) is 10.9. The molecule has 4 atom stereocenters. The minimum absolute atomic E-state index is 0.0707. The molecule has 0 spiro atoms. The highest BCUT2D eigenvalue weighted by molar-refractivity contribution is 7.84. The summed E-state index contributed by atoms with van der Waals surface area (Å²) in [4.78, 5) is 51.8. The summed E-state index contributed by atoms with van der Waals surface area (Å²) in [5.74, 6) is -3.52. The van der Waals surface area contributed by atoms with Crippen LogP contribution in [-0.2, 0) is 40.9 Å². The summed E-state index contributed by atoms with van der Waals surface area (Å²) in [6.07, 6.45) is -1.64. The van der Waals surface area contributed by atoms with Crippen molar-refractivity contribution in [3.8, 4) is 0 Å². The van der Waals surface area contributed by atoms with Gasteiger partial charge in [-0.05, 0) is 13.0 Å². The summed E-state index contributed by atoms with van der Waals surface area (Å²) >= 11 is 0.966. The van der Waals surface area contributed by atoms with Gasteiger partial charge in [0.1, 0.15) is 18.8 Å². The smallest absolute Gasteiger partial charge is 0.362 e. The Labute approximate surface area is 220 Å². The number of para-hydroxylation sites is 1. The number of nitrogens with zero attached hydrogens (tertiary/aromatic N) is 4. The lowest BCUT2D eigenvalue weighted by Gasteiger charge is -2.42. The summed E-state index contributed by atoms with van der Waals surface area (Å²) in [5, 5.41) is 17.0. The van der Waals surface area contributed by atoms with E-state index < -0.39 is 58.6 Å². The van der Waals surface area contributed by atoms with Crippen molar-refractivity contribution in [2.75, 3.05) is 24.8 Å². The number of nitrogens with one attached hydrogen (secondary N) is 2. The van der Waals surface area contributed by atoms with Crippen LogP contribution in [0.4, 0.5) is 10.8 Å². The molecule has 0 radical (unpaired) electrons. The highest BCUT2D eigenvalue weighted by atomic mass is 32.2. The van der Waals surface area contributed by atoms with Crippen LogP contribution in [0.15, 0.2) is 34.8 Å². The zero-order valence-electron chi connectivity index (χ0n) is 20.0. The zero-order chi connectivity index (χ0) is 27.8. The summed E-state index contributed by atoms with van der Waals surface area (Å²) < 4.78 is 31.8. The van der Waals surface area contributed by atoms with Crippen LogP contribution in [0.5, 0.6) is 0 Å². The first-order valence-corrected chi connectivity index (χ1v) is 13.2. The van der Waals surface area contributed by atoms with Crippen molar-refractivity contribution >= 4 is 56.0 Å². The van der Waals surface area contributed by atoms with E-state index in [1.165, 1.54) is 12.3 Å². The highest BCUT2D eigenvalue weighted by Gasteiger charge is 2.51. The number of hydroxylamine groups is 2. The number of aromatic nitrogens is 1. The first kappa shape index (κ1) is 27.2. The Hall–Kier alpha value is -3.84. The van der Waals surface area contributed by atoms with E-state index in [-0.39, 0.29) is 19.9 Å². The van der Waals surface area contributed by atoms with Crippen LogP contribution in [0.1, 0.15) is 18.2 Å². The molecule has 1 unspecified atom stereocenters. The molecule has 3 heterocycles. The van der Waals surface area contributed by atoms with E-state index in [4.69, 9.17) is 20.0 Å². The van der Waals surface area contributed by atoms with Gasteiger partial charge in [-0.1, -0.05) is 28.1 Å². The first-order chi connectivity index (χ1) is 17.8. The molecule has 1 saturated heterocycles. The maximum Gasteiger partial charge on any atom is 0.362 e. The van der Waals surface area contributed by atoms with Crippen LogP contribution in [-0.4, -0.2) is 87.5 Å². The molecule has 2 aromatic rings. The van der Waals surface area contributed by atoms with Gasteiger partial charge in [-0.25, -0.2) is 19.5 Å². The highest BCUT2D eigenvalue weighted by Crippen LogP contribution is 2.29. The van der Waals surface area contributed by atoms with E-state index >= 15 is 0 Å². The summed E-state index contributed by atoms with van der Waals surface area (Å²) in [5.41, 5.74) is 9.97. The largest absolute Gasteiger partial charge is 0.478 e. The topological polar surface area (TPSA) is 223 Å². The number of carbonyl (C=O) groups excluding carboxylic acids is 2. The summed E-state index contributed by atoms with van der Waals surface area (Å²) in [6.45, 7) is 1.23. The number of nitrogens with two attached hydrogens (primary N) is 1.